The number of amides is 1. The number of benzene rings is 2. The number of alkyl halides is 3. The standard InChI is InChI=1S/C21H24F3N3O/c1-2-18(26)19(28)27-20(12-25)11-17(20)15-5-3-13(4-6-15)14-7-9-16(10-8-14)21(22,23)24/h3-10,17-18H,2,11-12,25-26H2,1H3,(H,27,28)/t17-,18+,20+/m1/s1. The van der Waals surface area contributed by atoms with Gasteiger partial charge in [0.05, 0.1) is 17.1 Å². The number of carbonyl (C=O) groups excluding carboxylic acids is 1. The highest BCUT2D eigenvalue weighted by atomic mass is 19.4. The molecule has 1 aliphatic rings. The molecule has 7 heteroatoms. The molecule has 0 radical (unpaired) electrons. The summed E-state index contributed by atoms with van der Waals surface area (Å²) in [5.41, 5.74) is 13.1. The van der Waals surface area contributed by atoms with E-state index in [2.05, 4.69) is 5.32 Å². The van der Waals surface area contributed by atoms with Gasteiger partial charge in [0.2, 0.25) is 5.91 Å². The lowest BCUT2D eigenvalue weighted by Crippen LogP contribution is -2.50. The third-order valence-corrected chi connectivity index (χ3v) is 5.45. The molecule has 0 aromatic heterocycles. The Kier molecular flexibility index (Phi) is 5.50. The van der Waals surface area contributed by atoms with Gasteiger partial charge in [-0.25, -0.2) is 0 Å². The predicted molar refractivity (Wildman–Crippen MR) is 102 cm³/mol. The van der Waals surface area contributed by atoms with E-state index in [0.717, 1.165) is 29.7 Å². The normalized spacial score (nSPS) is 22.6. The van der Waals surface area contributed by atoms with Crippen LogP contribution >= 0.6 is 0 Å². The molecule has 3 rings (SSSR count). The van der Waals surface area contributed by atoms with Gasteiger partial charge in [-0.2, -0.15) is 13.2 Å². The first-order valence-electron chi connectivity index (χ1n) is 9.25. The minimum absolute atomic E-state index is 0.104. The molecule has 150 valence electrons. The number of hydrogen-bond acceptors (Lipinski definition) is 3. The number of nitrogens with two attached hydrogens (primary N) is 2. The van der Waals surface area contributed by atoms with Crippen molar-refractivity contribution in [3.8, 4) is 11.1 Å². The summed E-state index contributed by atoms with van der Waals surface area (Å²) >= 11 is 0. The van der Waals surface area contributed by atoms with Crippen molar-refractivity contribution in [2.45, 2.75) is 43.4 Å². The van der Waals surface area contributed by atoms with Crippen LogP contribution in [-0.4, -0.2) is 24.0 Å². The van der Waals surface area contributed by atoms with Crippen LogP contribution in [0.3, 0.4) is 0 Å². The summed E-state index contributed by atoms with van der Waals surface area (Å²) in [5, 5.41) is 2.99. The van der Waals surface area contributed by atoms with E-state index in [4.69, 9.17) is 11.5 Å². The van der Waals surface area contributed by atoms with Gasteiger partial charge in [-0.1, -0.05) is 43.3 Å². The first-order valence-corrected chi connectivity index (χ1v) is 9.25. The van der Waals surface area contributed by atoms with Crippen molar-refractivity contribution in [1.82, 2.24) is 5.32 Å². The summed E-state index contributed by atoms with van der Waals surface area (Å²) in [6.45, 7) is 2.17. The van der Waals surface area contributed by atoms with E-state index in [9.17, 15) is 18.0 Å². The zero-order valence-electron chi connectivity index (χ0n) is 15.6. The Labute approximate surface area is 162 Å². The summed E-state index contributed by atoms with van der Waals surface area (Å²) in [4.78, 5) is 12.1. The molecule has 5 N–H and O–H groups in total. The highest BCUT2D eigenvalue weighted by Gasteiger charge is 2.55. The number of halogens is 3. The van der Waals surface area contributed by atoms with Crippen LogP contribution in [0.4, 0.5) is 13.2 Å². The smallest absolute Gasteiger partial charge is 0.347 e. The van der Waals surface area contributed by atoms with Gasteiger partial charge < -0.3 is 16.8 Å². The second-order valence-corrected chi connectivity index (χ2v) is 7.32. The lowest BCUT2D eigenvalue weighted by atomic mass is 9.99. The van der Waals surface area contributed by atoms with Gasteiger partial charge in [0.25, 0.3) is 0 Å². The largest absolute Gasteiger partial charge is 0.416 e. The van der Waals surface area contributed by atoms with E-state index >= 15 is 0 Å². The van der Waals surface area contributed by atoms with Crippen LogP contribution in [0.2, 0.25) is 0 Å². The second kappa shape index (κ2) is 7.56. The number of rotatable bonds is 6. The fraction of sp³-hybridized carbons (Fsp3) is 0.381. The van der Waals surface area contributed by atoms with Crippen molar-refractivity contribution in [1.29, 1.82) is 0 Å². The molecule has 2 aromatic carbocycles. The average molecular weight is 391 g/mol. The van der Waals surface area contributed by atoms with Gasteiger partial charge in [0.15, 0.2) is 0 Å². The van der Waals surface area contributed by atoms with Crippen molar-refractivity contribution < 1.29 is 18.0 Å². The summed E-state index contributed by atoms with van der Waals surface area (Å²) < 4.78 is 38.1. The monoisotopic (exact) mass is 391 g/mol. The second-order valence-electron chi connectivity index (χ2n) is 7.32. The average Bonchev–Trinajstić information content (AvgIpc) is 3.41. The summed E-state index contributed by atoms with van der Waals surface area (Å²) in [6.07, 6.45) is -3.05. The molecule has 1 amide bonds. The Balaban J connectivity index is 1.72. The van der Waals surface area contributed by atoms with E-state index in [1.54, 1.807) is 0 Å². The van der Waals surface area contributed by atoms with Gasteiger partial charge in [-0.05, 0) is 41.7 Å². The Bertz CT molecular complexity index is 833. The lowest BCUT2D eigenvalue weighted by Gasteiger charge is -2.20. The fourth-order valence-electron chi connectivity index (χ4n) is 3.44. The third kappa shape index (κ3) is 4.05. The van der Waals surface area contributed by atoms with E-state index in [1.165, 1.54) is 12.1 Å². The van der Waals surface area contributed by atoms with Crippen molar-refractivity contribution in [2.75, 3.05) is 6.54 Å². The van der Waals surface area contributed by atoms with Crippen molar-refractivity contribution in [3.05, 3.63) is 59.7 Å². The van der Waals surface area contributed by atoms with E-state index < -0.39 is 23.3 Å². The quantitative estimate of drug-likeness (QED) is 0.706. The molecule has 1 fully saturated rings. The molecule has 4 nitrogen and oxygen atoms in total. The minimum Gasteiger partial charge on any atom is -0.347 e. The molecule has 1 aliphatic carbocycles. The molecule has 28 heavy (non-hydrogen) atoms. The maximum absolute atomic E-state index is 12.7. The molecule has 0 saturated heterocycles. The van der Waals surface area contributed by atoms with Gasteiger partial charge in [-0.15, -0.1) is 0 Å². The molecule has 0 heterocycles. The molecule has 0 aliphatic heterocycles. The molecular weight excluding hydrogens is 367 g/mol. The van der Waals surface area contributed by atoms with Gasteiger partial charge in [-0.3, -0.25) is 4.79 Å². The maximum atomic E-state index is 12.7. The van der Waals surface area contributed by atoms with E-state index in [1.807, 2.05) is 31.2 Å². The number of carbonyl (C=O) groups is 1. The topological polar surface area (TPSA) is 81.1 Å². The van der Waals surface area contributed by atoms with Crippen LogP contribution in [0.15, 0.2) is 48.5 Å². The molecule has 0 unspecified atom stereocenters. The van der Waals surface area contributed by atoms with E-state index in [0.29, 0.717) is 18.5 Å². The summed E-state index contributed by atoms with van der Waals surface area (Å²) in [6, 6.07) is 12.1. The van der Waals surface area contributed by atoms with Crippen molar-refractivity contribution >= 4 is 5.91 Å². The van der Waals surface area contributed by atoms with Crippen LogP contribution in [0, 0.1) is 0 Å². The van der Waals surface area contributed by atoms with Crippen molar-refractivity contribution in [2.24, 2.45) is 11.5 Å². The van der Waals surface area contributed by atoms with Crippen LogP contribution in [0.1, 0.15) is 36.8 Å². The van der Waals surface area contributed by atoms with Gasteiger partial charge in [0, 0.05) is 12.5 Å². The Morgan fingerprint density at radius 1 is 1.14 bits per heavy atom. The lowest BCUT2D eigenvalue weighted by molar-refractivity contribution is -0.137. The zero-order chi connectivity index (χ0) is 20.5. The zero-order valence-corrected chi connectivity index (χ0v) is 15.6. The molecule has 0 bridgehead atoms. The molecule has 2 aromatic rings. The Morgan fingerprint density at radius 3 is 2.14 bits per heavy atom. The predicted octanol–water partition coefficient (Wildman–Crippen LogP) is 3.41. The van der Waals surface area contributed by atoms with Crippen LogP contribution in [0.25, 0.3) is 11.1 Å². The first-order chi connectivity index (χ1) is 13.2. The number of nitrogens with one attached hydrogen (secondary N) is 1. The van der Waals surface area contributed by atoms with Gasteiger partial charge >= 0.3 is 6.18 Å². The summed E-state index contributed by atoms with van der Waals surface area (Å²) in [7, 11) is 0. The third-order valence-electron chi connectivity index (χ3n) is 5.45. The highest BCUT2D eigenvalue weighted by molar-refractivity contribution is 5.83. The Morgan fingerprint density at radius 2 is 1.68 bits per heavy atom. The fourth-order valence-corrected chi connectivity index (χ4v) is 3.44. The van der Waals surface area contributed by atoms with Crippen molar-refractivity contribution in [3.63, 3.8) is 0 Å². The SMILES string of the molecule is CC[C@H](N)C(=O)N[C@]1(CN)C[C@@H]1c1ccc(-c2ccc(C(F)(F)F)cc2)cc1. The molecular formula is C21H24F3N3O. The molecule has 1 saturated carbocycles. The van der Waals surface area contributed by atoms with Crippen LogP contribution in [-0.2, 0) is 11.0 Å². The molecule has 3 atom stereocenters. The maximum Gasteiger partial charge on any atom is 0.416 e. The van der Waals surface area contributed by atoms with Gasteiger partial charge in [0.1, 0.15) is 0 Å². The van der Waals surface area contributed by atoms with Crippen LogP contribution in [0.5, 0.6) is 0 Å². The van der Waals surface area contributed by atoms with E-state index in [-0.39, 0.29) is 11.8 Å². The van der Waals surface area contributed by atoms with Crippen LogP contribution < -0.4 is 16.8 Å². The Hall–Kier alpha value is -2.38. The first kappa shape index (κ1) is 20.4. The minimum atomic E-state index is -4.34. The highest BCUT2D eigenvalue weighted by Crippen LogP contribution is 2.51. The summed E-state index contributed by atoms with van der Waals surface area (Å²) in [5.74, 6) is -0.0935. The number of hydrogen-bond donors (Lipinski definition) is 3. The molecule has 0 spiro atoms.